The highest BCUT2D eigenvalue weighted by Crippen LogP contribution is 2.38. The van der Waals surface area contributed by atoms with E-state index in [1.54, 1.807) is 0 Å². The van der Waals surface area contributed by atoms with Gasteiger partial charge in [-0.3, -0.25) is 9.36 Å². The number of hydrogen-bond acceptors (Lipinski definition) is 6. The number of amides is 1. The number of phosphoric acid groups is 1. The van der Waals surface area contributed by atoms with Crippen molar-refractivity contribution in [1.82, 2.24) is 5.32 Å². The van der Waals surface area contributed by atoms with Crippen molar-refractivity contribution < 1.29 is 32.9 Å². The zero-order valence-electron chi connectivity index (χ0n) is 55.3. The molecule has 0 aromatic rings. The molecule has 0 spiro atoms. The number of likely N-dealkylation sites (N-methyl/N-ethyl adjacent to an activating group) is 1. The molecule has 0 aromatic heterocycles. The number of phosphoric ester groups is 1. The second kappa shape index (κ2) is 63.5. The van der Waals surface area contributed by atoms with Gasteiger partial charge < -0.3 is 28.8 Å². The Labute approximate surface area is 506 Å². The maximum absolute atomic E-state index is 13.1. The van der Waals surface area contributed by atoms with Gasteiger partial charge in [0.25, 0.3) is 7.82 Å². The summed E-state index contributed by atoms with van der Waals surface area (Å²) in [4.78, 5) is 25.6. The Morgan fingerprint density at radius 2 is 0.716 bits per heavy atom. The first-order valence-corrected chi connectivity index (χ1v) is 37.6. The number of unbranched alkanes of at least 4 members (excludes halogenated alkanes) is 51. The van der Waals surface area contributed by atoms with Crippen LogP contribution in [0.3, 0.4) is 0 Å². The Morgan fingerprint density at radius 1 is 0.432 bits per heavy atom. The second-order valence-corrected chi connectivity index (χ2v) is 27.7. The standard InChI is InChI=1S/C72H143N2O6P/c1-6-8-10-12-14-16-18-20-22-24-26-28-29-30-31-32-33-34-35-36-37-38-39-40-41-42-43-44-45-46-48-50-52-54-56-58-60-62-64-66-72(76)73-70(69-80-81(77,78)79-68-67-74(3,4)5)71(75)65-63-61-59-57-55-53-51-49-47-27-25-23-21-19-17-15-13-11-9-7-2/h33-34,36-37,70-71,75H,6-32,35,38-69H2,1-5H3,(H-,73,76,77,78)/b34-33-,37-36-. The summed E-state index contributed by atoms with van der Waals surface area (Å²) in [5.41, 5.74) is 0. The van der Waals surface area contributed by atoms with Gasteiger partial charge in [-0.1, -0.05) is 353 Å². The number of nitrogens with zero attached hydrogens (tertiary/aromatic N) is 1. The van der Waals surface area contributed by atoms with Crippen LogP contribution in [-0.2, 0) is 18.4 Å². The van der Waals surface area contributed by atoms with Crippen molar-refractivity contribution in [1.29, 1.82) is 0 Å². The van der Waals surface area contributed by atoms with Gasteiger partial charge in [-0.2, -0.15) is 0 Å². The van der Waals surface area contributed by atoms with Crippen LogP contribution in [0.25, 0.3) is 0 Å². The van der Waals surface area contributed by atoms with Gasteiger partial charge in [0.1, 0.15) is 13.2 Å². The lowest BCUT2D eigenvalue weighted by Gasteiger charge is -2.30. The zero-order chi connectivity index (χ0) is 59.1. The van der Waals surface area contributed by atoms with Gasteiger partial charge in [0.15, 0.2) is 0 Å². The Hall–Kier alpha value is -1.02. The fourth-order valence-electron chi connectivity index (χ4n) is 11.3. The van der Waals surface area contributed by atoms with Gasteiger partial charge in [-0.25, -0.2) is 0 Å². The molecule has 0 saturated carbocycles. The maximum Gasteiger partial charge on any atom is 0.268 e. The minimum absolute atomic E-state index is 0.0147. The smallest absolute Gasteiger partial charge is 0.268 e. The number of aliphatic hydroxyl groups is 1. The maximum atomic E-state index is 13.1. The molecule has 0 saturated heterocycles. The molecule has 3 unspecified atom stereocenters. The fourth-order valence-corrected chi connectivity index (χ4v) is 12.0. The van der Waals surface area contributed by atoms with E-state index in [4.69, 9.17) is 9.05 Å². The number of carbonyl (C=O) groups excluding carboxylic acids is 1. The predicted octanol–water partition coefficient (Wildman–Crippen LogP) is 22.4. The van der Waals surface area contributed by atoms with E-state index in [0.717, 1.165) is 44.9 Å². The molecule has 0 radical (unpaired) electrons. The third kappa shape index (κ3) is 66.4. The molecule has 9 heteroatoms. The molecule has 0 aliphatic carbocycles. The van der Waals surface area contributed by atoms with Crippen LogP contribution in [0.15, 0.2) is 24.3 Å². The largest absolute Gasteiger partial charge is 0.756 e. The highest BCUT2D eigenvalue weighted by Gasteiger charge is 2.24. The Kier molecular flexibility index (Phi) is 62.7. The van der Waals surface area contributed by atoms with Crippen LogP contribution in [0, 0.1) is 0 Å². The number of rotatable bonds is 68. The summed E-state index contributed by atoms with van der Waals surface area (Å²) in [6, 6.07) is -0.800. The van der Waals surface area contributed by atoms with Crippen molar-refractivity contribution in [3.8, 4) is 0 Å². The normalized spacial score (nSPS) is 13.7. The van der Waals surface area contributed by atoms with Gasteiger partial charge in [-0.05, 0) is 44.9 Å². The molecule has 0 aromatic carbocycles. The predicted molar refractivity (Wildman–Crippen MR) is 353 cm³/mol. The molecule has 0 aliphatic rings. The molecule has 81 heavy (non-hydrogen) atoms. The van der Waals surface area contributed by atoms with E-state index in [1.807, 2.05) is 21.1 Å². The SMILES string of the molecule is CCCCCCCCCCCCCCCCC/C=C\C/C=C\CCCCCCCCCCCCCCCCCCCC(=O)NC(COP(=O)([O-])OCC[N+](C)(C)C)C(O)CCCCCCCCCCCCCCCCCCCCCC. The molecule has 8 nitrogen and oxygen atoms in total. The average molecular weight is 1160 g/mol. The monoisotopic (exact) mass is 1160 g/mol. The van der Waals surface area contributed by atoms with Crippen LogP contribution in [-0.4, -0.2) is 68.5 Å². The van der Waals surface area contributed by atoms with E-state index in [1.165, 1.54) is 308 Å². The van der Waals surface area contributed by atoms with Gasteiger partial charge in [-0.15, -0.1) is 0 Å². The number of nitrogens with one attached hydrogen (secondary N) is 1. The first-order chi connectivity index (χ1) is 39.5. The summed E-state index contributed by atoms with van der Waals surface area (Å²) in [6.45, 7) is 4.79. The average Bonchev–Trinajstić information content (AvgIpc) is 3.43. The lowest BCUT2D eigenvalue weighted by molar-refractivity contribution is -0.870. The summed E-state index contributed by atoms with van der Waals surface area (Å²) in [7, 11) is 1.32. The van der Waals surface area contributed by atoms with E-state index < -0.39 is 20.0 Å². The van der Waals surface area contributed by atoms with Gasteiger partial charge in [0.05, 0.1) is 39.9 Å². The molecule has 0 heterocycles. The Balaban J connectivity index is 3.91. The summed E-state index contributed by atoms with van der Waals surface area (Å²) in [6.07, 6.45) is 82.7. The first kappa shape index (κ1) is 80.0. The van der Waals surface area contributed by atoms with E-state index in [9.17, 15) is 19.4 Å². The third-order valence-corrected chi connectivity index (χ3v) is 17.9. The number of carbonyl (C=O) groups is 1. The van der Waals surface area contributed by atoms with Crippen molar-refractivity contribution in [3.63, 3.8) is 0 Å². The van der Waals surface area contributed by atoms with Crippen LogP contribution < -0.4 is 10.2 Å². The fraction of sp³-hybridized carbons (Fsp3) is 0.931. The van der Waals surface area contributed by atoms with E-state index in [-0.39, 0.29) is 19.1 Å². The van der Waals surface area contributed by atoms with Crippen molar-refractivity contribution in [2.24, 2.45) is 0 Å². The molecule has 0 rings (SSSR count). The molecule has 3 atom stereocenters. The van der Waals surface area contributed by atoms with Gasteiger partial charge in [0.2, 0.25) is 5.91 Å². The van der Waals surface area contributed by atoms with Crippen molar-refractivity contribution in [3.05, 3.63) is 24.3 Å². The minimum atomic E-state index is -4.58. The molecule has 2 N–H and O–H groups in total. The number of allylic oxidation sites excluding steroid dienone is 4. The van der Waals surface area contributed by atoms with Crippen molar-refractivity contribution in [2.45, 2.75) is 392 Å². The first-order valence-electron chi connectivity index (χ1n) is 36.2. The second-order valence-electron chi connectivity index (χ2n) is 26.3. The molecule has 482 valence electrons. The van der Waals surface area contributed by atoms with Crippen molar-refractivity contribution in [2.75, 3.05) is 40.9 Å². The highest BCUT2D eigenvalue weighted by molar-refractivity contribution is 7.45. The Morgan fingerprint density at radius 3 is 1.02 bits per heavy atom. The van der Waals surface area contributed by atoms with Crippen LogP contribution in [0.2, 0.25) is 0 Å². The topological polar surface area (TPSA) is 108 Å². The van der Waals surface area contributed by atoms with Crippen molar-refractivity contribution >= 4 is 13.7 Å². The lowest BCUT2D eigenvalue weighted by atomic mass is 10.0. The zero-order valence-corrected chi connectivity index (χ0v) is 56.2. The summed E-state index contributed by atoms with van der Waals surface area (Å²) < 4.78 is 23.5. The van der Waals surface area contributed by atoms with E-state index in [2.05, 4.69) is 43.5 Å². The number of quaternary nitrogens is 1. The van der Waals surface area contributed by atoms with Gasteiger partial charge >= 0.3 is 0 Å². The summed E-state index contributed by atoms with van der Waals surface area (Å²) >= 11 is 0. The van der Waals surface area contributed by atoms with Crippen LogP contribution in [0.1, 0.15) is 380 Å². The quantitative estimate of drug-likeness (QED) is 0.0272. The third-order valence-electron chi connectivity index (χ3n) is 16.9. The number of hydrogen-bond donors (Lipinski definition) is 2. The summed E-state index contributed by atoms with van der Waals surface area (Å²) in [5.74, 6) is -0.157. The van der Waals surface area contributed by atoms with E-state index in [0.29, 0.717) is 23.9 Å². The molecular formula is C72H143N2O6P. The molecule has 1 amide bonds. The highest BCUT2D eigenvalue weighted by atomic mass is 31.2. The minimum Gasteiger partial charge on any atom is -0.756 e. The molecule has 0 fully saturated rings. The van der Waals surface area contributed by atoms with Crippen LogP contribution in [0.5, 0.6) is 0 Å². The van der Waals surface area contributed by atoms with Crippen LogP contribution >= 0.6 is 7.82 Å². The number of aliphatic hydroxyl groups excluding tert-OH is 1. The van der Waals surface area contributed by atoms with E-state index >= 15 is 0 Å². The van der Waals surface area contributed by atoms with Crippen LogP contribution in [0.4, 0.5) is 0 Å². The molecule has 0 aliphatic heterocycles. The molecule has 0 bridgehead atoms. The molecular weight excluding hydrogens is 1020 g/mol. The Bertz CT molecular complexity index is 1370. The summed E-state index contributed by atoms with van der Waals surface area (Å²) in [5, 5.41) is 14.1. The lowest BCUT2D eigenvalue weighted by Crippen LogP contribution is -2.46. The van der Waals surface area contributed by atoms with Gasteiger partial charge in [0, 0.05) is 6.42 Å².